The van der Waals surface area contributed by atoms with Gasteiger partial charge < -0.3 is 81.3 Å². The second-order valence-electron chi connectivity index (χ2n) is 38.5. The van der Waals surface area contributed by atoms with Crippen LogP contribution < -0.4 is 22.6 Å². The van der Waals surface area contributed by atoms with Crippen molar-refractivity contribution in [2.45, 2.75) is 216 Å². The Balaban J connectivity index is 0.000000255. The minimum absolute atomic E-state index is 0.00502. The average Bonchev–Trinajstić information content (AvgIpc) is 0.731. The molecule has 6 N–H and O–H groups in total. The van der Waals surface area contributed by atoms with Crippen LogP contribution in [-0.4, -0.2) is 161 Å². The van der Waals surface area contributed by atoms with Crippen LogP contribution in [0.25, 0.3) is 22.3 Å². The number of rotatable bonds is 36. The minimum atomic E-state index is -4.77. The third-order valence-electron chi connectivity index (χ3n) is 26.8. The van der Waals surface area contributed by atoms with Crippen molar-refractivity contribution in [3.8, 4) is 45.3 Å². The fourth-order valence-corrected chi connectivity index (χ4v) is 21.9. The number of aromatic hydroxyl groups is 1. The molecule has 32 heteroatoms. The summed E-state index contributed by atoms with van der Waals surface area (Å²) in [5, 5.41) is 60.8. The number of anilines is 2. The molecule has 4 aliphatic rings. The van der Waals surface area contributed by atoms with Crippen LogP contribution in [0.4, 0.5) is 20.2 Å². The van der Waals surface area contributed by atoms with Gasteiger partial charge in [-0.25, -0.2) is 13.6 Å². The van der Waals surface area contributed by atoms with Crippen LogP contribution >= 0.6 is 0 Å². The molecule has 740 valence electrons. The van der Waals surface area contributed by atoms with Gasteiger partial charge in [0.25, 0.3) is 0 Å². The number of carbonyl (C=O) groups is 3. The standard InChI is InChI=1S/C70H84FNO10SSi2.C37H36FNO12S.CO2/c1-49-65(76-45-50-24-16-12-17-25-50)67(78-47-52-28-20-14-21-29-52)66(77-46-51-26-18-13-19-27-51)63(79-49)48-83(74,75)80-62-44-55(53-34-39-58(40-35-53)81-84(8,9)69(2,3)4)36-41-59(62)64-60(68(73)72(64)57-30-22-15-23-31-57)42-43-61(54-32-37-56(71)38-33-54)82-85(10,11)70(5,6)7;38-23-11-6-21(7-12-23)28(41)17-16-27-31(39(36(27)45)24-4-2-1-3-5-24)26-15-10-22(20-8-13-25(40)14-9-20)18-29(26)51-52(48,49)19-30-32(42)33(43)34(44)35(50-30)37(46)47;2-1-3/h12-41,44,49,60-61,63-67H,42-43,45-48H2,1-11H3;1-15,18,27-28,30-35,40-44H,16-17,19H2,(H,46,47);/t49?,60-,61+,63+,64-,65-,66?,67-;27-,28+,30+,31-,32?,33-,34+,35?;/m11./s1. The van der Waals surface area contributed by atoms with Crippen molar-refractivity contribution >= 4 is 72.2 Å². The molecule has 140 heavy (non-hydrogen) atoms. The summed E-state index contributed by atoms with van der Waals surface area (Å²) in [4.78, 5) is 59.8. The van der Waals surface area contributed by atoms with Crippen molar-refractivity contribution in [3.05, 3.63) is 336 Å². The van der Waals surface area contributed by atoms with E-state index in [4.69, 9.17) is 50.5 Å². The smallest absolute Gasteiger partial charge is 0.373 e. The summed E-state index contributed by atoms with van der Waals surface area (Å²) in [5.74, 6) is -5.45. The number of hydrogen-bond acceptors (Lipinski definition) is 23. The molecule has 11 aromatic carbocycles. The monoisotopic (exact) mass is 1990 g/mol. The number of nitrogens with zero attached hydrogens (tertiary/aromatic N) is 2. The molecule has 16 atom stereocenters. The van der Waals surface area contributed by atoms with Crippen LogP contribution in [0.15, 0.2) is 285 Å². The van der Waals surface area contributed by atoms with Gasteiger partial charge in [0.15, 0.2) is 14.4 Å². The van der Waals surface area contributed by atoms with E-state index in [9.17, 15) is 62.2 Å². The van der Waals surface area contributed by atoms with Crippen LogP contribution in [0, 0.1) is 23.5 Å². The maximum absolute atomic E-state index is 15.4. The average molecular weight is 1990 g/mol. The van der Waals surface area contributed by atoms with E-state index in [1.165, 1.54) is 59.5 Å². The maximum Gasteiger partial charge on any atom is 0.373 e. The molecule has 4 saturated heterocycles. The number of carboxylic acids is 1. The molecular weight excluding hydrogens is 1870 g/mol. The molecule has 4 aliphatic heterocycles. The van der Waals surface area contributed by atoms with Crippen LogP contribution in [0.3, 0.4) is 0 Å². The Hall–Kier alpha value is -11.8. The topological polar surface area (TPSA) is 365 Å². The molecule has 0 bridgehead atoms. The van der Waals surface area contributed by atoms with Crippen LogP contribution in [0.5, 0.6) is 23.0 Å². The number of β-lactam (4-membered cyclic amide) rings is 2. The van der Waals surface area contributed by atoms with Gasteiger partial charge in [0.1, 0.15) is 95.0 Å². The molecular formula is C108H120F2N2O24S2Si2. The number of ether oxygens (including phenoxy) is 5. The van der Waals surface area contributed by atoms with Gasteiger partial charge in [-0.15, -0.1) is 0 Å². The van der Waals surface area contributed by atoms with Gasteiger partial charge in [0.2, 0.25) is 20.1 Å². The molecule has 4 heterocycles. The number of carboxylic acid groups (broad SMARTS) is 1. The number of hydrogen-bond donors (Lipinski definition) is 6. The quantitative estimate of drug-likeness (QED) is 0.0121. The van der Waals surface area contributed by atoms with Gasteiger partial charge in [-0.2, -0.15) is 26.4 Å². The molecule has 11 aromatic rings. The lowest BCUT2D eigenvalue weighted by atomic mass is 9.77. The lowest BCUT2D eigenvalue weighted by molar-refractivity contribution is -0.256. The van der Waals surface area contributed by atoms with E-state index in [1.807, 2.05) is 165 Å². The van der Waals surface area contributed by atoms with E-state index in [0.717, 1.165) is 33.6 Å². The number of carbonyl (C=O) groups excluding carboxylic acids is 4. The Morgan fingerprint density at radius 3 is 1.29 bits per heavy atom. The first kappa shape index (κ1) is 106. The van der Waals surface area contributed by atoms with Gasteiger partial charge in [-0.1, -0.05) is 242 Å². The highest BCUT2D eigenvalue weighted by atomic mass is 32.2. The first-order valence-electron chi connectivity index (χ1n) is 46.4. The fraction of sp³-hybridized carbons (Fsp3) is 0.352. The van der Waals surface area contributed by atoms with Gasteiger partial charge in [0.05, 0.1) is 62.1 Å². The molecule has 2 amide bonds. The van der Waals surface area contributed by atoms with E-state index < -0.39 is 157 Å². The van der Waals surface area contributed by atoms with Gasteiger partial charge in [0, 0.05) is 22.5 Å². The van der Waals surface area contributed by atoms with Crippen molar-refractivity contribution in [2.75, 3.05) is 21.3 Å². The lowest BCUT2D eigenvalue weighted by Crippen LogP contribution is -2.61. The highest BCUT2D eigenvalue weighted by Crippen LogP contribution is 2.54. The van der Waals surface area contributed by atoms with Crippen molar-refractivity contribution in [1.29, 1.82) is 0 Å². The number of benzene rings is 11. The first-order valence-corrected chi connectivity index (χ1v) is 55.4. The molecule has 4 fully saturated rings. The van der Waals surface area contributed by atoms with Crippen molar-refractivity contribution in [2.24, 2.45) is 11.8 Å². The highest BCUT2D eigenvalue weighted by Gasteiger charge is 2.55. The molecule has 0 spiro atoms. The van der Waals surface area contributed by atoms with Crippen LogP contribution in [-0.2, 0) is 92.1 Å². The summed E-state index contributed by atoms with van der Waals surface area (Å²) in [7, 11) is -13.9. The van der Waals surface area contributed by atoms with Gasteiger partial charge in [-0.05, 0) is 204 Å². The SMILES string of the molecule is CC1O[C@@H](CS(=O)(=O)Oc2cc(-c3ccc(O[Si](C)(C)C(C)(C)C)cc3)ccc2[C@@H]2[C@@H](CC[C@H](O[Si](C)(C)C(C)(C)C)c3ccc(F)cc3)C(=O)N2c2ccccc2)C(OCc2ccccc2)[C@H](OCc2ccccc2)[C@@H]1OCc1ccccc1.O=C(O)C1O[C@@H](CS(=O)(=O)Oc2cc(-c3ccc(O)cc3)ccc2[C@@H]2[C@@H](CC[C@H](O)c3ccc(F)cc3)C(=O)N2c2ccccc2)C(O)[C@@H](O)[C@@H]1O.O=C=O. The molecule has 0 aromatic heterocycles. The van der Waals surface area contributed by atoms with Crippen molar-refractivity contribution in [3.63, 3.8) is 0 Å². The summed E-state index contributed by atoms with van der Waals surface area (Å²) in [6.07, 6.45) is -14.2. The number of aliphatic hydroxyl groups is 4. The second kappa shape index (κ2) is 45.9. The predicted octanol–water partition coefficient (Wildman–Crippen LogP) is 18.9. The Morgan fingerprint density at radius 1 is 0.471 bits per heavy atom. The Kier molecular flexibility index (Phi) is 34.6. The number of para-hydroxylation sites is 2. The third-order valence-corrected chi connectivity index (χ3v) is 38.0. The largest absolute Gasteiger partial charge is 0.544 e. The number of halogens is 2. The maximum atomic E-state index is 15.4. The Bertz CT molecular complexity index is 6260. The summed E-state index contributed by atoms with van der Waals surface area (Å²) >= 11 is 0. The summed E-state index contributed by atoms with van der Waals surface area (Å²) in [6, 6.07) is 81.8. The molecule has 0 saturated carbocycles. The summed E-state index contributed by atoms with van der Waals surface area (Å²) in [5.41, 5.74) is 8.51. The molecule has 0 radical (unpaired) electrons. The molecule has 4 unspecified atom stereocenters. The van der Waals surface area contributed by atoms with Crippen molar-refractivity contribution in [1.82, 2.24) is 0 Å². The number of phenolic OH excluding ortho intramolecular Hbond substituents is 1. The zero-order chi connectivity index (χ0) is 101. The third kappa shape index (κ3) is 26.1. The molecule has 0 aliphatic carbocycles. The number of aliphatic hydroxyl groups excluding tert-OH is 4. The van der Waals surface area contributed by atoms with Gasteiger partial charge in [-0.3, -0.25) is 9.59 Å². The zero-order valence-electron chi connectivity index (χ0n) is 79.7. The number of aliphatic carboxylic acids is 1. The van der Waals surface area contributed by atoms with Gasteiger partial charge >= 0.3 is 32.4 Å². The molecule has 26 nitrogen and oxygen atoms in total. The lowest BCUT2D eigenvalue weighted by Gasteiger charge is -2.48. The van der Waals surface area contributed by atoms with E-state index in [2.05, 4.69) is 67.7 Å². The minimum Gasteiger partial charge on any atom is -0.544 e. The van der Waals surface area contributed by atoms with E-state index in [1.54, 1.807) is 77.7 Å². The molecule has 15 rings (SSSR count). The normalized spacial score (nSPS) is 22.1. The second-order valence-corrected chi connectivity index (χ2v) is 51.2. The van der Waals surface area contributed by atoms with Crippen LogP contribution in [0.2, 0.25) is 36.3 Å². The zero-order valence-corrected chi connectivity index (χ0v) is 83.4. The Morgan fingerprint density at radius 2 is 0.857 bits per heavy atom. The summed E-state index contributed by atoms with van der Waals surface area (Å²) in [6.45, 7) is 24.4. The van der Waals surface area contributed by atoms with Crippen molar-refractivity contribution < 1.29 is 121 Å². The number of amides is 2. The highest BCUT2D eigenvalue weighted by molar-refractivity contribution is 7.87. The van der Waals surface area contributed by atoms with E-state index >= 15 is 8.42 Å². The van der Waals surface area contributed by atoms with E-state index in [-0.39, 0.29) is 89.3 Å². The van der Waals surface area contributed by atoms with Crippen LogP contribution in [0.1, 0.15) is 137 Å². The number of phenols is 1. The Labute approximate surface area is 817 Å². The summed E-state index contributed by atoms with van der Waals surface area (Å²) < 4.78 is 144. The predicted molar refractivity (Wildman–Crippen MR) is 528 cm³/mol. The van der Waals surface area contributed by atoms with E-state index in [0.29, 0.717) is 52.0 Å². The first-order chi connectivity index (χ1) is 66.5. The fourth-order valence-electron chi connectivity index (χ4n) is 17.2.